The van der Waals surface area contributed by atoms with Crippen molar-refractivity contribution in [1.82, 2.24) is 25.0 Å². The Balaban J connectivity index is 1.83. The summed E-state index contributed by atoms with van der Waals surface area (Å²) >= 11 is 1.30. The van der Waals surface area contributed by atoms with Gasteiger partial charge < -0.3 is 13.7 Å². The summed E-state index contributed by atoms with van der Waals surface area (Å²) in [5.74, 6) is 0.961. The summed E-state index contributed by atoms with van der Waals surface area (Å²) in [5.41, 5.74) is 1.04. The summed E-state index contributed by atoms with van der Waals surface area (Å²) in [6.45, 7) is 1.87. The molecule has 0 fully saturated rings. The Labute approximate surface area is 135 Å². The second-order valence-corrected chi connectivity index (χ2v) is 5.59. The molecule has 0 aliphatic carbocycles. The predicted molar refractivity (Wildman–Crippen MR) is 80.9 cm³/mol. The minimum absolute atomic E-state index is 0.157. The molecule has 0 bridgehead atoms. The molecule has 3 aromatic heterocycles. The molecule has 3 rings (SSSR count). The fourth-order valence-corrected chi connectivity index (χ4v) is 2.65. The Morgan fingerprint density at radius 2 is 2.04 bits per heavy atom. The lowest BCUT2D eigenvalue weighted by Crippen LogP contribution is -2.05. The van der Waals surface area contributed by atoms with Crippen LogP contribution in [-0.4, -0.2) is 38.0 Å². The number of esters is 1. The number of furan rings is 1. The first kappa shape index (κ1) is 15.2. The van der Waals surface area contributed by atoms with Crippen molar-refractivity contribution in [2.24, 2.45) is 7.05 Å². The van der Waals surface area contributed by atoms with Gasteiger partial charge in [0.15, 0.2) is 16.7 Å². The van der Waals surface area contributed by atoms with Gasteiger partial charge >= 0.3 is 5.97 Å². The molecule has 23 heavy (non-hydrogen) atoms. The third kappa shape index (κ3) is 2.95. The Bertz CT molecular complexity index is 840. The summed E-state index contributed by atoms with van der Waals surface area (Å²) in [5, 5.41) is 17.4. The average molecular weight is 331 g/mol. The number of carbonyl (C=O) groups is 1. The highest BCUT2D eigenvalue weighted by Crippen LogP contribution is 2.28. The molecule has 0 aliphatic heterocycles. The van der Waals surface area contributed by atoms with E-state index < -0.39 is 5.97 Å². The number of hydrogen-bond donors (Lipinski definition) is 0. The Hall–Kier alpha value is -2.68. The molecule has 0 aromatic carbocycles. The molecule has 0 amide bonds. The van der Waals surface area contributed by atoms with Crippen molar-refractivity contribution in [2.45, 2.75) is 17.1 Å². The van der Waals surface area contributed by atoms with Gasteiger partial charge in [0.1, 0.15) is 10.8 Å². The van der Waals surface area contributed by atoms with Crippen LogP contribution in [0.4, 0.5) is 0 Å². The molecule has 0 radical (unpaired) electrons. The van der Waals surface area contributed by atoms with E-state index in [0.717, 1.165) is 11.3 Å². The van der Waals surface area contributed by atoms with Crippen molar-refractivity contribution in [3.63, 3.8) is 0 Å². The topological polar surface area (TPSA) is 95.9 Å². The SMILES string of the molecule is COC(=O)c1ccc(Sc2nnc(-c3ccoc3C)n2C)nn1. The quantitative estimate of drug-likeness (QED) is 0.671. The van der Waals surface area contributed by atoms with Gasteiger partial charge in [-0.25, -0.2) is 4.79 Å². The van der Waals surface area contributed by atoms with Crippen molar-refractivity contribution in [3.8, 4) is 11.4 Å². The second kappa shape index (κ2) is 6.21. The van der Waals surface area contributed by atoms with E-state index >= 15 is 0 Å². The third-order valence-corrected chi connectivity index (χ3v) is 4.13. The predicted octanol–water partition coefficient (Wildman–Crippen LogP) is 2.11. The molecular weight excluding hydrogens is 318 g/mol. The van der Waals surface area contributed by atoms with Crippen LogP contribution in [0.1, 0.15) is 16.2 Å². The zero-order valence-corrected chi connectivity index (χ0v) is 13.5. The summed E-state index contributed by atoms with van der Waals surface area (Å²) in [7, 11) is 3.16. The molecule has 8 nitrogen and oxygen atoms in total. The minimum Gasteiger partial charge on any atom is -0.469 e. The standard InChI is InChI=1S/C14H13N5O3S/c1-8-9(6-7-22-8)12-17-18-14(19(12)2)23-11-5-4-10(15-16-11)13(20)21-3/h4-7H,1-3H3. The summed E-state index contributed by atoms with van der Waals surface area (Å²) in [6, 6.07) is 5.08. The van der Waals surface area contributed by atoms with Gasteiger partial charge in [0.2, 0.25) is 0 Å². The molecule has 0 spiro atoms. The molecule has 118 valence electrons. The molecule has 0 saturated heterocycles. The Kier molecular flexibility index (Phi) is 4.11. The van der Waals surface area contributed by atoms with Crippen molar-refractivity contribution in [3.05, 3.63) is 35.9 Å². The number of aryl methyl sites for hydroxylation is 1. The molecule has 3 heterocycles. The maximum absolute atomic E-state index is 11.3. The lowest BCUT2D eigenvalue weighted by Gasteiger charge is -2.03. The zero-order chi connectivity index (χ0) is 16.4. The van der Waals surface area contributed by atoms with E-state index in [9.17, 15) is 4.79 Å². The van der Waals surface area contributed by atoms with E-state index in [-0.39, 0.29) is 5.69 Å². The molecule has 9 heteroatoms. The molecule has 0 saturated carbocycles. The van der Waals surface area contributed by atoms with Crippen LogP contribution in [0.15, 0.2) is 39.1 Å². The van der Waals surface area contributed by atoms with Gasteiger partial charge in [0, 0.05) is 7.05 Å². The normalized spacial score (nSPS) is 10.7. The summed E-state index contributed by atoms with van der Waals surface area (Å²) < 4.78 is 11.7. The third-order valence-electron chi connectivity index (χ3n) is 3.17. The van der Waals surface area contributed by atoms with E-state index in [1.54, 1.807) is 18.4 Å². The van der Waals surface area contributed by atoms with Crippen LogP contribution in [0.25, 0.3) is 11.4 Å². The maximum Gasteiger partial charge on any atom is 0.358 e. The first-order valence-electron chi connectivity index (χ1n) is 6.64. The number of nitrogens with zero attached hydrogens (tertiary/aromatic N) is 5. The van der Waals surface area contributed by atoms with E-state index in [2.05, 4.69) is 25.1 Å². The number of carbonyl (C=O) groups excluding carboxylic acids is 1. The first-order chi connectivity index (χ1) is 11.1. The van der Waals surface area contributed by atoms with Crippen molar-refractivity contribution in [1.29, 1.82) is 0 Å². The Morgan fingerprint density at radius 3 is 2.65 bits per heavy atom. The summed E-state index contributed by atoms with van der Waals surface area (Å²) in [4.78, 5) is 11.3. The van der Waals surface area contributed by atoms with Gasteiger partial charge in [0.05, 0.1) is 18.9 Å². The average Bonchev–Trinajstić information content (AvgIpc) is 3.14. The van der Waals surface area contributed by atoms with E-state index in [1.165, 1.54) is 18.9 Å². The van der Waals surface area contributed by atoms with Crippen LogP contribution >= 0.6 is 11.8 Å². The highest BCUT2D eigenvalue weighted by molar-refractivity contribution is 7.99. The monoisotopic (exact) mass is 331 g/mol. The Morgan fingerprint density at radius 1 is 1.22 bits per heavy atom. The first-order valence-corrected chi connectivity index (χ1v) is 7.45. The van der Waals surface area contributed by atoms with Crippen molar-refractivity contribution < 1.29 is 13.9 Å². The largest absolute Gasteiger partial charge is 0.469 e. The van der Waals surface area contributed by atoms with Crippen LogP contribution in [0, 0.1) is 6.92 Å². The van der Waals surface area contributed by atoms with E-state index in [1.807, 2.05) is 24.6 Å². The van der Waals surface area contributed by atoms with Gasteiger partial charge in [-0.2, -0.15) is 0 Å². The summed E-state index contributed by atoms with van der Waals surface area (Å²) in [6.07, 6.45) is 1.61. The van der Waals surface area contributed by atoms with E-state index in [4.69, 9.17) is 4.42 Å². The molecule has 3 aromatic rings. The second-order valence-electron chi connectivity index (χ2n) is 4.61. The molecule has 0 unspecified atom stereocenters. The van der Waals surface area contributed by atoms with Gasteiger partial charge in [0.25, 0.3) is 0 Å². The fourth-order valence-electron chi connectivity index (χ4n) is 1.94. The maximum atomic E-state index is 11.3. The highest BCUT2D eigenvalue weighted by Gasteiger charge is 2.16. The lowest BCUT2D eigenvalue weighted by molar-refractivity contribution is 0.0592. The molecule has 0 atom stereocenters. The van der Waals surface area contributed by atoms with Crippen LogP contribution in [-0.2, 0) is 11.8 Å². The lowest BCUT2D eigenvalue weighted by atomic mass is 10.2. The number of methoxy groups -OCH3 is 1. The minimum atomic E-state index is -0.523. The smallest absolute Gasteiger partial charge is 0.358 e. The van der Waals surface area contributed by atoms with Gasteiger partial charge in [-0.1, -0.05) is 0 Å². The van der Waals surface area contributed by atoms with Gasteiger partial charge in [-0.15, -0.1) is 20.4 Å². The van der Waals surface area contributed by atoms with Crippen LogP contribution in [0.5, 0.6) is 0 Å². The van der Waals surface area contributed by atoms with E-state index in [0.29, 0.717) is 16.0 Å². The van der Waals surface area contributed by atoms with Crippen LogP contribution in [0.3, 0.4) is 0 Å². The fraction of sp³-hybridized carbons (Fsp3) is 0.214. The number of rotatable bonds is 4. The molecular formula is C14H13N5O3S. The molecule has 0 aliphatic rings. The zero-order valence-electron chi connectivity index (χ0n) is 12.7. The number of hydrogen-bond acceptors (Lipinski definition) is 8. The van der Waals surface area contributed by atoms with Gasteiger partial charge in [-0.3, -0.25) is 0 Å². The van der Waals surface area contributed by atoms with Crippen molar-refractivity contribution >= 4 is 17.7 Å². The highest BCUT2D eigenvalue weighted by atomic mass is 32.2. The number of ether oxygens (including phenoxy) is 1. The van der Waals surface area contributed by atoms with Crippen molar-refractivity contribution in [2.75, 3.05) is 7.11 Å². The van der Waals surface area contributed by atoms with Crippen LogP contribution in [0.2, 0.25) is 0 Å². The number of aromatic nitrogens is 5. The molecule has 0 N–H and O–H groups in total. The van der Waals surface area contributed by atoms with Gasteiger partial charge in [-0.05, 0) is 36.9 Å². The van der Waals surface area contributed by atoms with Crippen LogP contribution < -0.4 is 0 Å².